The van der Waals surface area contributed by atoms with Gasteiger partial charge in [-0.2, -0.15) is 19.4 Å². The highest BCUT2D eigenvalue weighted by Crippen LogP contribution is 2.27. The number of fused-ring (bicyclic) bond motifs is 1. The number of amides is 1. The van der Waals surface area contributed by atoms with Gasteiger partial charge in [0.25, 0.3) is 5.78 Å². The Kier molecular flexibility index (Phi) is 6.84. The molecular weight excluding hydrogens is 466 g/mol. The minimum Gasteiger partial charge on any atom is -0.493 e. The van der Waals surface area contributed by atoms with Crippen molar-refractivity contribution in [2.45, 2.75) is 24.9 Å². The molecule has 0 aliphatic rings. The minimum atomic E-state index is -0.214. The van der Waals surface area contributed by atoms with Crippen molar-refractivity contribution in [3.63, 3.8) is 0 Å². The largest absolute Gasteiger partial charge is 0.493 e. The van der Waals surface area contributed by atoms with Crippen LogP contribution in [0, 0.1) is 0 Å². The highest BCUT2D eigenvalue weighted by molar-refractivity contribution is 7.99. The summed E-state index contributed by atoms with van der Waals surface area (Å²) < 4.78 is 13.6. The van der Waals surface area contributed by atoms with E-state index in [1.165, 1.54) is 38.6 Å². The van der Waals surface area contributed by atoms with Gasteiger partial charge in [-0.05, 0) is 23.8 Å². The second-order valence-corrected chi connectivity index (χ2v) is 8.92. The molecule has 0 saturated heterocycles. The molecule has 3 aromatic heterocycles. The van der Waals surface area contributed by atoms with Crippen molar-refractivity contribution in [1.29, 1.82) is 0 Å². The molecule has 0 bridgehead atoms. The second kappa shape index (κ2) is 9.95. The van der Waals surface area contributed by atoms with Crippen LogP contribution in [0.1, 0.15) is 30.3 Å². The lowest BCUT2D eigenvalue weighted by molar-refractivity contribution is -0.113. The molecule has 1 aromatic carbocycles. The quantitative estimate of drug-likeness (QED) is 0.279. The number of methoxy groups -OCH3 is 2. The third-order valence-corrected chi connectivity index (χ3v) is 6.39. The molecule has 14 heteroatoms. The first-order valence-electron chi connectivity index (χ1n) is 9.79. The van der Waals surface area contributed by atoms with Crippen LogP contribution in [0.4, 0.5) is 5.13 Å². The average Bonchev–Trinajstić information content (AvgIpc) is 3.53. The molecular formula is C19H21N9O3S2. The summed E-state index contributed by atoms with van der Waals surface area (Å²) in [6, 6.07) is 5.46. The fourth-order valence-corrected chi connectivity index (χ4v) is 4.14. The third-order valence-electron chi connectivity index (χ3n) is 4.33. The van der Waals surface area contributed by atoms with Crippen LogP contribution in [0.15, 0.2) is 34.8 Å². The fraction of sp³-hybridized carbons (Fsp3) is 0.316. The van der Waals surface area contributed by atoms with Crippen molar-refractivity contribution in [1.82, 2.24) is 34.7 Å². The number of anilines is 1. The average molecular weight is 488 g/mol. The maximum atomic E-state index is 12.3. The van der Waals surface area contributed by atoms with Crippen molar-refractivity contribution in [3.8, 4) is 11.5 Å². The van der Waals surface area contributed by atoms with Gasteiger partial charge in [-0.3, -0.25) is 10.1 Å². The SMILES string of the molecule is COc1ccc(/C=N/n2cnn3c(SCC(=O)Nc4nnc(C(C)C)s4)nnc23)cc1OC. The molecule has 4 rings (SSSR count). The zero-order chi connectivity index (χ0) is 23.4. The highest BCUT2D eigenvalue weighted by Gasteiger charge is 2.15. The van der Waals surface area contributed by atoms with Gasteiger partial charge in [0.2, 0.25) is 16.2 Å². The number of thioether (sulfide) groups is 1. The van der Waals surface area contributed by atoms with Crippen LogP contribution in [0.3, 0.4) is 0 Å². The van der Waals surface area contributed by atoms with Gasteiger partial charge in [0.1, 0.15) is 11.3 Å². The van der Waals surface area contributed by atoms with E-state index in [1.807, 2.05) is 26.0 Å². The Morgan fingerprint density at radius 1 is 1.21 bits per heavy atom. The lowest BCUT2D eigenvalue weighted by Crippen LogP contribution is -2.14. The Balaban J connectivity index is 1.41. The molecule has 12 nitrogen and oxygen atoms in total. The van der Waals surface area contributed by atoms with Gasteiger partial charge in [0, 0.05) is 5.92 Å². The first-order chi connectivity index (χ1) is 16.0. The van der Waals surface area contributed by atoms with Crippen molar-refractivity contribution in [3.05, 3.63) is 35.1 Å². The summed E-state index contributed by atoms with van der Waals surface area (Å²) in [6.45, 7) is 4.05. The molecule has 1 N–H and O–H groups in total. The summed E-state index contributed by atoms with van der Waals surface area (Å²) in [6.07, 6.45) is 3.16. The normalized spacial score (nSPS) is 11.5. The first-order valence-corrected chi connectivity index (χ1v) is 11.6. The van der Waals surface area contributed by atoms with Crippen molar-refractivity contribution in [2.75, 3.05) is 25.3 Å². The summed E-state index contributed by atoms with van der Waals surface area (Å²) in [5, 5.41) is 29.5. The van der Waals surface area contributed by atoms with Crippen LogP contribution >= 0.6 is 23.1 Å². The number of aromatic nitrogens is 7. The van der Waals surface area contributed by atoms with Crippen LogP contribution in [0.25, 0.3) is 5.78 Å². The Bertz CT molecular complexity index is 1290. The van der Waals surface area contributed by atoms with Gasteiger partial charge < -0.3 is 9.47 Å². The number of carbonyl (C=O) groups excluding carboxylic acids is 1. The van der Waals surface area contributed by atoms with E-state index >= 15 is 0 Å². The second-order valence-electron chi connectivity index (χ2n) is 6.97. The summed E-state index contributed by atoms with van der Waals surface area (Å²) >= 11 is 2.57. The monoisotopic (exact) mass is 487 g/mol. The molecule has 0 saturated carbocycles. The molecule has 3 heterocycles. The minimum absolute atomic E-state index is 0.124. The predicted molar refractivity (Wildman–Crippen MR) is 125 cm³/mol. The number of hydrogen-bond acceptors (Lipinski definition) is 11. The number of nitrogens with one attached hydrogen (secondary N) is 1. The molecule has 1 amide bonds. The van der Waals surface area contributed by atoms with Crippen LogP contribution in [0.2, 0.25) is 0 Å². The standard InChI is InChI=1S/C19H21N9O3S2/c1-11(2)16-23-24-17(33-16)22-15(29)9-32-19-26-25-18-27(10-21-28(18)19)20-8-12-5-6-13(30-3)14(7-12)31-4/h5-8,10-11H,9H2,1-4H3,(H,22,24,29)/b20-8+. The molecule has 0 aliphatic carbocycles. The molecule has 0 radical (unpaired) electrons. The van der Waals surface area contributed by atoms with Crippen molar-refractivity contribution >= 4 is 46.1 Å². The smallest absolute Gasteiger partial charge is 0.275 e. The summed E-state index contributed by atoms with van der Waals surface area (Å²) in [5.41, 5.74) is 0.808. The summed E-state index contributed by atoms with van der Waals surface area (Å²) in [4.78, 5) is 12.3. The molecule has 0 spiro atoms. The van der Waals surface area contributed by atoms with E-state index in [1.54, 1.807) is 26.5 Å². The zero-order valence-electron chi connectivity index (χ0n) is 18.3. The third kappa shape index (κ3) is 5.12. The Morgan fingerprint density at radius 3 is 2.76 bits per heavy atom. The van der Waals surface area contributed by atoms with Crippen LogP contribution < -0.4 is 14.8 Å². The van der Waals surface area contributed by atoms with Crippen molar-refractivity contribution < 1.29 is 14.3 Å². The number of ether oxygens (including phenoxy) is 2. The maximum Gasteiger partial charge on any atom is 0.275 e. The molecule has 0 atom stereocenters. The van der Waals surface area contributed by atoms with E-state index in [4.69, 9.17) is 9.47 Å². The van der Waals surface area contributed by atoms with Gasteiger partial charge in [0.15, 0.2) is 11.5 Å². The predicted octanol–water partition coefficient (Wildman–Crippen LogP) is 2.53. The lowest BCUT2D eigenvalue weighted by Gasteiger charge is -2.07. The summed E-state index contributed by atoms with van der Waals surface area (Å²) in [5.74, 6) is 1.82. The van der Waals surface area contributed by atoms with E-state index in [0.29, 0.717) is 27.6 Å². The Morgan fingerprint density at radius 2 is 2.03 bits per heavy atom. The molecule has 0 aliphatic heterocycles. The number of hydrogen-bond donors (Lipinski definition) is 1. The van der Waals surface area contributed by atoms with Gasteiger partial charge in [0.05, 0.1) is 26.2 Å². The van der Waals surface area contributed by atoms with E-state index in [9.17, 15) is 4.79 Å². The van der Waals surface area contributed by atoms with Crippen LogP contribution in [-0.4, -0.2) is 66.8 Å². The van der Waals surface area contributed by atoms with Crippen LogP contribution in [0.5, 0.6) is 11.5 Å². The number of rotatable bonds is 9. The van der Waals surface area contributed by atoms with Gasteiger partial charge >= 0.3 is 0 Å². The number of carbonyl (C=O) groups is 1. The lowest BCUT2D eigenvalue weighted by atomic mass is 10.2. The van der Waals surface area contributed by atoms with E-state index in [-0.39, 0.29) is 17.6 Å². The molecule has 0 fully saturated rings. The molecule has 4 aromatic rings. The summed E-state index contributed by atoms with van der Waals surface area (Å²) in [7, 11) is 3.15. The molecule has 172 valence electrons. The van der Waals surface area contributed by atoms with Crippen molar-refractivity contribution in [2.24, 2.45) is 5.10 Å². The molecule has 33 heavy (non-hydrogen) atoms. The van der Waals surface area contributed by atoms with Crippen LogP contribution in [-0.2, 0) is 4.79 Å². The number of benzene rings is 1. The van der Waals surface area contributed by atoms with Gasteiger partial charge in [-0.15, -0.1) is 20.4 Å². The Hall–Kier alpha value is -3.52. The zero-order valence-corrected chi connectivity index (χ0v) is 19.9. The highest BCUT2D eigenvalue weighted by atomic mass is 32.2. The van der Waals surface area contributed by atoms with E-state index in [0.717, 1.165) is 10.6 Å². The first kappa shape index (κ1) is 22.7. The maximum absolute atomic E-state index is 12.3. The molecule has 0 unspecified atom stereocenters. The topological polar surface area (TPSA) is 134 Å². The number of nitrogens with zero attached hydrogens (tertiary/aromatic N) is 8. The van der Waals surface area contributed by atoms with Gasteiger partial charge in [-0.1, -0.05) is 36.9 Å². The van der Waals surface area contributed by atoms with Gasteiger partial charge in [-0.25, -0.2) is 0 Å². The van der Waals surface area contributed by atoms with E-state index in [2.05, 4.69) is 35.9 Å². The van der Waals surface area contributed by atoms with E-state index < -0.39 is 0 Å². The Labute approximate surface area is 197 Å². The fourth-order valence-electron chi connectivity index (χ4n) is 2.69.